The van der Waals surface area contributed by atoms with Crippen molar-refractivity contribution in [3.8, 4) is 0 Å². The third-order valence-electron chi connectivity index (χ3n) is 1.99. The van der Waals surface area contributed by atoms with E-state index in [1.54, 1.807) is 18.6 Å². The summed E-state index contributed by atoms with van der Waals surface area (Å²) in [7, 11) is 0. The second-order valence-corrected chi connectivity index (χ2v) is 3.88. The Balaban J connectivity index is 0.00000112. The minimum absolute atomic E-state index is 0. The molecule has 0 saturated carbocycles. The van der Waals surface area contributed by atoms with Crippen LogP contribution in [-0.4, -0.2) is 22.9 Å². The number of pyridine rings is 1. The molecule has 1 aliphatic heterocycles. The van der Waals surface area contributed by atoms with Gasteiger partial charge in [-0.25, -0.2) is 6.29 Å². The monoisotopic (exact) mass is 385 g/mol. The largest absolute Gasteiger partial charge is 0.540 e. The fourth-order valence-corrected chi connectivity index (χ4v) is 2.47. The topological polar surface area (TPSA) is 56.1 Å². The molecule has 78 valence electrons. The van der Waals surface area contributed by atoms with Crippen molar-refractivity contribution < 1.29 is 75.0 Å². The first-order chi connectivity index (χ1) is 6.76. The summed E-state index contributed by atoms with van der Waals surface area (Å²) in [5.41, 5.74) is -0.125. The number of aromatic nitrogens is 1. The Morgan fingerprint density at radius 2 is 2.00 bits per heavy atom. The van der Waals surface area contributed by atoms with Crippen molar-refractivity contribution in [3.05, 3.63) is 28.0 Å². The minimum atomic E-state index is -0.525. The molecule has 0 fully saturated rings. The number of fused-ring (bicyclic) bond motifs is 1. The molecular formula is C9H5NO3SY2-2. The zero-order chi connectivity index (χ0) is 10.1. The van der Waals surface area contributed by atoms with E-state index < -0.39 is 6.04 Å². The molecule has 2 rings (SSSR count). The number of thioether (sulfide) groups is 1. The van der Waals surface area contributed by atoms with Crippen LogP contribution in [0.2, 0.25) is 0 Å². The maximum atomic E-state index is 11.5. The van der Waals surface area contributed by atoms with Crippen molar-refractivity contribution >= 4 is 24.3 Å². The Hall–Kier alpha value is 0.848. The predicted octanol–water partition coefficient (Wildman–Crippen LogP) is 0.0576. The fraction of sp³-hybridized carbons (Fsp3) is 0.222. The summed E-state index contributed by atoms with van der Waals surface area (Å²) in [4.78, 5) is 32.3. The molecule has 7 heteroatoms. The summed E-state index contributed by atoms with van der Waals surface area (Å²) < 4.78 is 1.35. The van der Waals surface area contributed by atoms with Gasteiger partial charge in [0, 0.05) is 70.4 Å². The zero-order valence-electron chi connectivity index (χ0n) is 8.17. The van der Waals surface area contributed by atoms with Crippen LogP contribution >= 0.6 is 11.8 Å². The number of rotatable bonds is 2. The van der Waals surface area contributed by atoms with Crippen molar-refractivity contribution in [2.24, 2.45) is 0 Å². The van der Waals surface area contributed by atoms with E-state index in [-0.39, 0.29) is 76.5 Å². The molecular weight excluding hydrogens is 380 g/mol. The SMILES string of the molecule is O=[C-]c1cc2n(c(=O)c1)C([C-]=O)CS2.[Y].[Y]. The molecule has 2 radical (unpaired) electrons. The summed E-state index contributed by atoms with van der Waals surface area (Å²) in [5.74, 6) is 0.501. The van der Waals surface area contributed by atoms with Crippen LogP contribution in [-0.2, 0) is 75.0 Å². The van der Waals surface area contributed by atoms with E-state index in [1.807, 2.05) is 0 Å². The second-order valence-electron chi connectivity index (χ2n) is 2.84. The average molecular weight is 385 g/mol. The Labute approximate surface area is 147 Å². The normalized spacial score (nSPS) is 16.6. The van der Waals surface area contributed by atoms with Gasteiger partial charge >= 0.3 is 0 Å². The standard InChI is InChI=1S/C9H5NO3S.2Y/c11-3-6-1-8(13)10-7(4-12)5-14-9(10)2-6;;/h1-2,7H,5H2;;/q-2;;. The van der Waals surface area contributed by atoms with Crippen molar-refractivity contribution in [1.82, 2.24) is 4.57 Å². The molecule has 16 heavy (non-hydrogen) atoms. The minimum Gasteiger partial charge on any atom is -0.540 e. The summed E-state index contributed by atoms with van der Waals surface area (Å²) in [6.07, 6.45) is 3.45. The van der Waals surface area contributed by atoms with Gasteiger partial charge in [-0.05, 0) is 5.75 Å². The fourth-order valence-electron chi connectivity index (χ4n) is 1.36. The van der Waals surface area contributed by atoms with Gasteiger partial charge in [0.25, 0.3) is 0 Å². The molecule has 0 spiro atoms. The maximum Gasteiger partial charge on any atom is 0.193 e. The van der Waals surface area contributed by atoms with Gasteiger partial charge in [0.2, 0.25) is 0 Å². The molecule has 1 unspecified atom stereocenters. The summed E-state index contributed by atoms with van der Waals surface area (Å²) >= 11 is 1.37. The third kappa shape index (κ3) is 3.20. The van der Waals surface area contributed by atoms with Gasteiger partial charge in [-0.15, -0.1) is 23.4 Å². The molecule has 2 heterocycles. The van der Waals surface area contributed by atoms with Gasteiger partial charge in [-0.3, -0.25) is 4.79 Å². The van der Waals surface area contributed by atoms with E-state index in [2.05, 4.69) is 0 Å². The molecule has 1 aromatic heterocycles. The van der Waals surface area contributed by atoms with E-state index in [4.69, 9.17) is 0 Å². The molecule has 0 aliphatic carbocycles. The summed E-state index contributed by atoms with van der Waals surface area (Å²) in [5, 5.41) is 0.629. The zero-order valence-corrected chi connectivity index (χ0v) is 14.7. The first-order valence-corrected chi connectivity index (χ1v) is 4.90. The van der Waals surface area contributed by atoms with Crippen LogP contribution < -0.4 is 5.56 Å². The molecule has 1 aliphatic rings. The molecule has 1 atom stereocenters. The molecule has 0 bridgehead atoms. The van der Waals surface area contributed by atoms with Crippen molar-refractivity contribution in [2.75, 3.05) is 5.75 Å². The van der Waals surface area contributed by atoms with Gasteiger partial charge in [0.1, 0.15) is 0 Å². The van der Waals surface area contributed by atoms with E-state index in [1.165, 1.54) is 22.4 Å². The van der Waals surface area contributed by atoms with Crippen LogP contribution in [0.1, 0.15) is 11.6 Å². The van der Waals surface area contributed by atoms with Crippen LogP contribution in [0.5, 0.6) is 0 Å². The third-order valence-corrected chi connectivity index (χ3v) is 3.08. The van der Waals surface area contributed by atoms with Gasteiger partial charge in [-0.1, -0.05) is 12.1 Å². The Kier molecular flexibility index (Phi) is 7.71. The number of hydrogen-bond donors (Lipinski definition) is 0. The van der Waals surface area contributed by atoms with Crippen molar-refractivity contribution in [2.45, 2.75) is 11.1 Å². The quantitative estimate of drug-likeness (QED) is 0.676. The summed E-state index contributed by atoms with van der Waals surface area (Å²) in [6, 6.07) is 2.20. The molecule has 0 amide bonds. The first kappa shape index (κ1) is 16.8. The van der Waals surface area contributed by atoms with Crippen molar-refractivity contribution in [1.29, 1.82) is 0 Å². The molecule has 0 N–H and O–H groups in total. The van der Waals surface area contributed by atoms with Crippen LogP contribution in [0, 0.1) is 0 Å². The molecule has 4 nitrogen and oxygen atoms in total. The van der Waals surface area contributed by atoms with Crippen LogP contribution in [0.25, 0.3) is 0 Å². The Morgan fingerprint density at radius 3 is 2.56 bits per heavy atom. The van der Waals surface area contributed by atoms with Gasteiger partial charge < -0.3 is 14.2 Å². The predicted molar refractivity (Wildman–Crippen MR) is 51.0 cm³/mol. The van der Waals surface area contributed by atoms with Crippen LogP contribution in [0.3, 0.4) is 0 Å². The van der Waals surface area contributed by atoms with Crippen molar-refractivity contribution in [3.63, 3.8) is 0 Å². The first-order valence-electron chi connectivity index (χ1n) is 3.91. The number of carbonyl (C=O) groups excluding carboxylic acids is 2. The van der Waals surface area contributed by atoms with Crippen LogP contribution in [0.15, 0.2) is 22.0 Å². The van der Waals surface area contributed by atoms with E-state index >= 15 is 0 Å². The van der Waals surface area contributed by atoms with Crippen LogP contribution in [0.4, 0.5) is 0 Å². The average Bonchev–Trinajstić information content (AvgIpc) is 2.61. The van der Waals surface area contributed by atoms with E-state index in [0.717, 1.165) is 0 Å². The van der Waals surface area contributed by atoms with E-state index in [9.17, 15) is 14.4 Å². The summed E-state index contributed by atoms with van der Waals surface area (Å²) in [6.45, 7) is 0. The molecule has 0 saturated heterocycles. The Bertz CT molecular complexity index is 461. The number of nitrogens with zero attached hydrogens (tertiary/aromatic N) is 1. The van der Waals surface area contributed by atoms with Gasteiger partial charge in [0.15, 0.2) is 5.56 Å². The van der Waals surface area contributed by atoms with Gasteiger partial charge in [-0.2, -0.15) is 0 Å². The molecule has 0 aromatic carbocycles. The smallest absolute Gasteiger partial charge is 0.193 e. The van der Waals surface area contributed by atoms with E-state index in [0.29, 0.717) is 10.8 Å². The Morgan fingerprint density at radius 1 is 1.31 bits per heavy atom. The molecule has 1 aromatic rings. The van der Waals surface area contributed by atoms with Gasteiger partial charge in [0.05, 0.1) is 6.29 Å². The second kappa shape index (κ2) is 7.32. The number of hydrogen-bond acceptors (Lipinski definition) is 4. The maximum absolute atomic E-state index is 11.5.